The second-order valence-electron chi connectivity index (χ2n) is 7.57. The number of aromatic nitrogens is 2. The summed E-state index contributed by atoms with van der Waals surface area (Å²) in [6.07, 6.45) is 0. The van der Waals surface area contributed by atoms with Crippen molar-refractivity contribution >= 4 is 16.7 Å². The number of hydrogen-bond donors (Lipinski definition) is 1. The van der Waals surface area contributed by atoms with Gasteiger partial charge in [-0.25, -0.2) is 4.68 Å². The van der Waals surface area contributed by atoms with Crippen molar-refractivity contribution in [3.63, 3.8) is 0 Å². The van der Waals surface area contributed by atoms with Crippen molar-refractivity contribution in [1.29, 1.82) is 0 Å². The first-order chi connectivity index (χ1) is 13.9. The number of carbonyl (C=O) groups is 1. The van der Waals surface area contributed by atoms with E-state index < -0.39 is 0 Å². The Bertz CT molecular complexity index is 1070. The monoisotopic (exact) mass is 392 g/mol. The van der Waals surface area contributed by atoms with Crippen molar-refractivity contribution in [3.8, 4) is 0 Å². The van der Waals surface area contributed by atoms with Crippen molar-refractivity contribution in [2.45, 2.75) is 39.9 Å². The molecule has 0 aliphatic rings. The fraction of sp³-hybridized carbons (Fsp3) is 0.348. The van der Waals surface area contributed by atoms with Crippen molar-refractivity contribution in [1.82, 2.24) is 20.0 Å². The summed E-state index contributed by atoms with van der Waals surface area (Å²) in [5.41, 5.74) is 2.33. The predicted molar refractivity (Wildman–Crippen MR) is 116 cm³/mol. The molecule has 1 amide bonds. The van der Waals surface area contributed by atoms with Crippen molar-refractivity contribution in [2.24, 2.45) is 0 Å². The van der Waals surface area contributed by atoms with E-state index in [9.17, 15) is 9.59 Å². The van der Waals surface area contributed by atoms with Gasteiger partial charge >= 0.3 is 0 Å². The van der Waals surface area contributed by atoms with E-state index in [1.165, 1.54) is 10.2 Å². The van der Waals surface area contributed by atoms with Crippen LogP contribution in [0.3, 0.4) is 0 Å². The minimum atomic E-state index is -0.285. The molecule has 0 atom stereocenters. The van der Waals surface area contributed by atoms with E-state index in [1.54, 1.807) is 18.2 Å². The Morgan fingerprint density at radius 1 is 1.10 bits per heavy atom. The van der Waals surface area contributed by atoms with Gasteiger partial charge in [-0.3, -0.25) is 9.59 Å². The molecule has 0 fully saturated rings. The van der Waals surface area contributed by atoms with E-state index >= 15 is 0 Å². The van der Waals surface area contributed by atoms with Gasteiger partial charge in [-0.05, 0) is 44.6 Å². The Morgan fingerprint density at radius 3 is 2.48 bits per heavy atom. The van der Waals surface area contributed by atoms with Crippen LogP contribution in [0.15, 0.2) is 53.3 Å². The van der Waals surface area contributed by atoms with Crippen LogP contribution in [-0.4, -0.2) is 34.2 Å². The average molecular weight is 393 g/mol. The van der Waals surface area contributed by atoms with Gasteiger partial charge in [0, 0.05) is 18.5 Å². The van der Waals surface area contributed by atoms with Gasteiger partial charge < -0.3 is 10.2 Å². The van der Waals surface area contributed by atoms with Crippen LogP contribution in [-0.2, 0) is 13.1 Å². The molecule has 0 unspecified atom stereocenters. The van der Waals surface area contributed by atoms with Crippen molar-refractivity contribution in [2.75, 3.05) is 13.6 Å². The summed E-state index contributed by atoms with van der Waals surface area (Å²) in [6, 6.07) is 15.2. The molecule has 0 saturated carbocycles. The van der Waals surface area contributed by atoms with E-state index in [0.29, 0.717) is 17.3 Å². The Labute approximate surface area is 171 Å². The van der Waals surface area contributed by atoms with Gasteiger partial charge in [0.1, 0.15) is 0 Å². The lowest BCUT2D eigenvalue weighted by Crippen LogP contribution is -2.31. The third-order valence-corrected chi connectivity index (χ3v) is 4.97. The molecule has 2 aromatic carbocycles. The summed E-state index contributed by atoms with van der Waals surface area (Å²) < 4.78 is 1.37. The van der Waals surface area contributed by atoms with Gasteiger partial charge in [0.2, 0.25) is 0 Å². The van der Waals surface area contributed by atoms with Crippen LogP contribution in [0.4, 0.5) is 0 Å². The topological polar surface area (TPSA) is 67.2 Å². The Hall–Kier alpha value is -2.99. The SMILES string of the molecule is CCN(C)Cc1cccc(CNC(=O)c2nn(C(C)C)c(=O)c3ccccc23)c1. The van der Waals surface area contributed by atoms with Crippen LogP contribution in [0, 0.1) is 0 Å². The molecule has 3 aromatic rings. The first-order valence-electron chi connectivity index (χ1n) is 9.96. The number of carbonyl (C=O) groups excluding carboxylic acids is 1. The van der Waals surface area contributed by atoms with Crippen LogP contribution < -0.4 is 10.9 Å². The van der Waals surface area contributed by atoms with E-state index in [0.717, 1.165) is 18.7 Å². The molecule has 0 aliphatic heterocycles. The van der Waals surface area contributed by atoms with Gasteiger partial charge in [-0.15, -0.1) is 0 Å². The quantitative estimate of drug-likeness (QED) is 0.670. The van der Waals surface area contributed by atoms with Gasteiger partial charge in [-0.1, -0.05) is 49.4 Å². The van der Waals surface area contributed by atoms with E-state index in [1.807, 2.05) is 32.0 Å². The maximum absolute atomic E-state index is 12.9. The standard InChI is InChI=1S/C23H28N4O2/c1-5-26(4)15-18-10-8-9-17(13-18)14-24-22(28)21-19-11-6-7-12-20(19)23(29)27(25-21)16(2)3/h6-13,16H,5,14-15H2,1-4H3,(H,24,28). The zero-order valence-corrected chi connectivity index (χ0v) is 17.5. The van der Waals surface area contributed by atoms with E-state index in [4.69, 9.17) is 0 Å². The van der Waals surface area contributed by atoms with Crippen LogP contribution >= 0.6 is 0 Å². The molecule has 1 aromatic heterocycles. The van der Waals surface area contributed by atoms with Crippen LogP contribution in [0.1, 0.15) is 48.4 Å². The largest absolute Gasteiger partial charge is 0.347 e. The molecule has 6 heteroatoms. The Kier molecular flexibility index (Phi) is 6.44. The molecule has 1 heterocycles. The summed E-state index contributed by atoms with van der Waals surface area (Å²) in [4.78, 5) is 27.8. The van der Waals surface area contributed by atoms with Crippen LogP contribution in [0.5, 0.6) is 0 Å². The maximum atomic E-state index is 12.9. The van der Waals surface area contributed by atoms with E-state index in [-0.39, 0.29) is 23.2 Å². The fourth-order valence-corrected chi connectivity index (χ4v) is 3.25. The van der Waals surface area contributed by atoms with Gasteiger partial charge in [0.25, 0.3) is 11.5 Å². The van der Waals surface area contributed by atoms with Gasteiger partial charge in [0.15, 0.2) is 5.69 Å². The maximum Gasteiger partial charge on any atom is 0.274 e. The zero-order chi connectivity index (χ0) is 21.0. The molecule has 0 radical (unpaired) electrons. The predicted octanol–water partition coefficient (Wildman–Crippen LogP) is 3.36. The van der Waals surface area contributed by atoms with Crippen molar-refractivity contribution < 1.29 is 4.79 Å². The lowest BCUT2D eigenvalue weighted by Gasteiger charge is -2.15. The lowest BCUT2D eigenvalue weighted by molar-refractivity contribution is 0.0945. The van der Waals surface area contributed by atoms with Gasteiger partial charge in [0.05, 0.1) is 11.4 Å². The normalized spacial score (nSPS) is 11.4. The Balaban J connectivity index is 1.85. The van der Waals surface area contributed by atoms with Crippen molar-refractivity contribution in [3.05, 3.63) is 75.7 Å². The molecule has 0 spiro atoms. The molecule has 0 aliphatic carbocycles. The third kappa shape index (κ3) is 4.71. The molecule has 29 heavy (non-hydrogen) atoms. The number of benzene rings is 2. The summed E-state index contributed by atoms with van der Waals surface area (Å²) in [5, 5.41) is 8.40. The molecule has 152 valence electrons. The lowest BCUT2D eigenvalue weighted by atomic mass is 10.1. The first kappa shape index (κ1) is 20.7. The highest BCUT2D eigenvalue weighted by atomic mass is 16.2. The summed E-state index contributed by atoms with van der Waals surface area (Å²) in [5.74, 6) is -0.285. The number of nitrogens with zero attached hydrogens (tertiary/aromatic N) is 3. The third-order valence-electron chi connectivity index (χ3n) is 4.97. The van der Waals surface area contributed by atoms with Crippen LogP contribution in [0.25, 0.3) is 10.8 Å². The summed E-state index contributed by atoms with van der Waals surface area (Å²) in [7, 11) is 2.08. The zero-order valence-electron chi connectivity index (χ0n) is 17.5. The second-order valence-corrected chi connectivity index (χ2v) is 7.57. The van der Waals surface area contributed by atoms with Gasteiger partial charge in [-0.2, -0.15) is 5.10 Å². The number of fused-ring (bicyclic) bond motifs is 1. The number of rotatable bonds is 7. The molecule has 1 N–H and O–H groups in total. The Morgan fingerprint density at radius 2 is 1.79 bits per heavy atom. The highest BCUT2D eigenvalue weighted by Gasteiger charge is 2.17. The smallest absolute Gasteiger partial charge is 0.274 e. The van der Waals surface area contributed by atoms with Crippen LogP contribution in [0.2, 0.25) is 0 Å². The molecule has 6 nitrogen and oxygen atoms in total. The molecule has 3 rings (SSSR count). The fourth-order valence-electron chi connectivity index (χ4n) is 3.25. The number of nitrogens with one attached hydrogen (secondary N) is 1. The summed E-state index contributed by atoms with van der Waals surface area (Å²) >= 11 is 0. The highest BCUT2D eigenvalue weighted by Crippen LogP contribution is 2.15. The second kappa shape index (κ2) is 9.01. The average Bonchev–Trinajstić information content (AvgIpc) is 2.72. The molecular formula is C23H28N4O2. The first-order valence-corrected chi connectivity index (χ1v) is 9.96. The number of amides is 1. The minimum Gasteiger partial charge on any atom is -0.347 e. The molecule has 0 saturated heterocycles. The molecular weight excluding hydrogens is 364 g/mol. The molecule has 0 bridgehead atoms. The number of hydrogen-bond acceptors (Lipinski definition) is 4. The minimum absolute atomic E-state index is 0.133. The highest BCUT2D eigenvalue weighted by molar-refractivity contribution is 6.04. The van der Waals surface area contributed by atoms with E-state index in [2.05, 4.69) is 41.4 Å². The summed E-state index contributed by atoms with van der Waals surface area (Å²) in [6.45, 7) is 8.12.